The number of rotatable bonds is 19. The van der Waals surface area contributed by atoms with Gasteiger partial charge in [-0.15, -0.1) is 0 Å². The minimum Gasteiger partial charge on any atom is -0.495 e. The first kappa shape index (κ1) is 61.1. The molecule has 2 aromatic carbocycles. The van der Waals surface area contributed by atoms with Gasteiger partial charge in [0.2, 0.25) is 29.5 Å². The molecule has 3 aliphatic rings. The third-order valence-corrected chi connectivity index (χ3v) is 14.7. The highest BCUT2D eigenvalue weighted by Gasteiger charge is 2.64. The molecule has 2 aromatic rings. The van der Waals surface area contributed by atoms with Gasteiger partial charge in [-0.3, -0.25) is 34.1 Å². The average molecular weight is 1100 g/mol. The number of fused-ring (bicyclic) bond motifs is 5. The molecule has 2 fully saturated rings. The van der Waals surface area contributed by atoms with Gasteiger partial charge in [0.15, 0.2) is 0 Å². The van der Waals surface area contributed by atoms with E-state index in [1.807, 2.05) is 13.0 Å². The SMILES string of the molecule is COc1cc2cc(c1Cl)N(C)C(=O)C[C@H](OC(=O)Nc1ccc(NC(=O)[C@H](CCCNC(C)=O)NC(=O)[C@@H](NC(=O)CCCCCN)C(C)C)cc1Cl)[C@]1(C)O[C@H]1[C@H](C)[C@@H]1C[C@@](O)(CC(=O)O1)[C@H](OC)/C=C/C=C(\C)C2. The van der Waals surface area contributed by atoms with Crippen LogP contribution in [-0.2, 0) is 54.1 Å². The molecule has 0 radical (unpaired) electrons. The number of hydrogen-bond acceptors (Lipinski definition) is 14. The third-order valence-electron chi connectivity index (χ3n) is 14.0. The summed E-state index contributed by atoms with van der Waals surface area (Å²) in [5.74, 6) is -3.43. The zero-order valence-corrected chi connectivity index (χ0v) is 46.4. The number of aliphatic hydroxyl groups is 1. The van der Waals surface area contributed by atoms with Crippen molar-refractivity contribution in [2.24, 2.45) is 17.6 Å². The lowest BCUT2D eigenvalue weighted by Crippen LogP contribution is -2.54. The smallest absolute Gasteiger partial charge is 0.412 e. The van der Waals surface area contributed by atoms with E-state index in [2.05, 4.69) is 26.6 Å². The Balaban J connectivity index is 1.37. The molecule has 3 heterocycles. The molecule has 0 unspecified atom stereocenters. The van der Waals surface area contributed by atoms with Gasteiger partial charge in [-0.1, -0.05) is 74.2 Å². The van der Waals surface area contributed by atoms with E-state index < -0.39 is 89.8 Å². The maximum atomic E-state index is 14.4. The highest BCUT2D eigenvalue weighted by Crippen LogP contribution is 2.50. The first-order chi connectivity index (χ1) is 35.9. The molecule has 418 valence electrons. The summed E-state index contributed by atoms with van der Waals surface area (Å²) in [5.41, 5.74) is 4.90. The van der Waals surface area contributed by atoms with Crippen molar-refractivity contribution in [1.29, 1.82) is 0 Å². The minimum atomic E-state index is -1.64. The van der Waals surface area contributed by atoms with Gasteiger partial charge in [-0.2, -0.15) is 0 Å². The average Bonchev–Trinajstić information content (AvgIpc) is 4.05. The van der Waals surface area contributed by atoms with Crippen LogP contribution in [0.1, 0.15) is 105 Å². The van der Waals surface area contributed by atoms with Gasteiger partial charge in [-0.05, 0) is 94.3 Å². The van der Waals surface area contributed by atoms with E-state index in [1.165, 1.54) is 44.2 Å². The lowest BCUT2D eigenvalue weighted by atomic mass is 9.78. The van der Waals surface area contributed by atoms with Crippen LogP contribution in [0.5, 0.6) is 5.75 Å². The zero-order chi connectivity index (χ0) is 56.1. The van der Waals surface area contributed by atoms with Crippen molar-refractivity contribution in [1.82, 2.24) is 16.0 Å². The molecule has 8 N–H and O–H groups in total. The summed E-state index contributed by atoms with van der Waals surface area (Å²) in [6.07, 6.45) is 3.07. The molecular formula is C54H75Cl2N7O13. The van der Waals surface area contributed by atoms with Gasteiger partial charge in [0.25, 0.3) is 0 Å². The van der Waals surface area contributed by atoms with Gasteiger partial charge in [0.05, 0.1) is 42.5 Å². The van der Waals surface area contributed by atoms with Crippen LogP contribution in [0.2, 0.25) is 10.0 Å². The van der Waals surface area contributed by atoms with Crippen LogP contribution in [0, 0.1) is 11.8 Å². The Labute approximate surface area is 454 Å². The lowest BCUT2D eigenvalue weighted by molar-refractivity contribution is -0.187. The van der Waals surface area contributed by atoms with Crippen LogP contribution in [0.25, 0.3) is 0 Å². The van der Waals surface area contributed by atoms with Gasteiger partial charge in [0.1, 0.15) is 52.4 Å². The second-order valence-corrected chi connectivity index (χ2v) is 21.2. The summed E-state index contributed by atoms with van der Waals surface area (Å²) in [7, 11) is 4.45. The van der Waals surface area contributed by atoms with Gasteiger partial charge < -0.3 is 60.7 Å². The maximum Gasteiger partial charge on any atom is 0.412 e. The van der Waals surface area contributed by atoms with Crippen molar-refractivity contribution in [2.75, 3.05) is 49.9 Å². The number of nitrogens with one attached hydrogen (secondary N) is 5. The molecule has 0 saturated carbocycles. The quantitative estimate of drug-likeness (QED) is 0.0464. The third kappa shape index (κ3) is 16.4. The monoisotopic (exact) mass is 1100 g/mol. The number of nitrogens with zero attached hydrogens (tertiary/aromatic N) is 1. The van der Waals surface area contributed by atoms with E-state index in [0.717, 1.165) is 24.0 Å². The number of halogens is 2. The Morgan fingerprint density at radius 3 is 2.39 bits per heavy atom. The molecule has 20 nitrogen and oxygen atoms in total. The second kappa shape index (κ2) is 27.5. The van der Waals surface area contributed by atoms with Crippen LogP contribution in [0.4, 0.5) is 21.9 Å². The predicted octanol–water partition coefficient (Wildman–Crippen LogP) is 6.28. The number of anilines is 3. The number of unbranched alkanes of at least 4 members (excludes halogenated alkanes) is 2. The summed E-state index contributed by atoms with van der Waals surface area (Å²) in [6.45, 7) is 11.1. The number of epoxide rings is 1. The zero-order valence-electron chi connectivity index (χ0n) is 44.8. The molecule has 76 heavy (non-hydrogen) atoms. The molecule has 9 atom stereocenters. The minimum absolute atomic E-state index is 0.00315. The molecule has 2 saturated heterocycles. The Hall–Kier alpha value is -5.77. The van der Waals surface area contributed by atoms with E-state index in [4.69, 9.17) is 52.6 Å². The van der Waals surface area contributed by atoms with E-state index in [9.17, 15) is 38.7 Å². The maximum absolute atomic E-state index is 14.4. The van der Waals surface area contributed by atoms with Crippen molar-refractivity contribution in [2.45, 2.75) is 153 Å². The Morgan fingerprint density at radius 1 is 1.00 bits per heavy atom. The predicted molar refractivity (Wildman–Crippen MR) is 288 cm³/mol. The molecule has 4 bridgehead atoms. The summed E-state index contributed by atoms with van der Waals surface area (Å²) in [5, 5.41) is 25.8. The number of benzene rings is 2. The number of methoxy groups -OCH3 is 2. The first-order valence-corrected chi connectivity index (χ1v) is 26.4. The number of nitrogens with two attached hydrogens (primary N) is 1. The fraction of sp³-hybridized carbons (Fsp3) is 0.574. The molecule has 0 aromatic heterocycles. The largest absolute Gasteiger partial charge is 0.495 e. The fourth-order valence-corrected chi connectivity index (χ4v) is 10.1. The molecule has 5 rings (SSSR count). The molecular weight excluding hydrogens is 1030 g/mol. The normalized spacial score (nSPS) is 25.6. The number of carbonyl (C=O) groups is 7. The summed E-state index contributed by atoms with van der Waals surface area (Å²) in [6, 6.07) is 5.78. The molecule has 3 aliphatic heterocycles. The fourth-order valence-electron chi connectivity index (χ4n) is 9.54. The van der Waals surface area contributed by atoms with Crippen molar-refractivity contribution in [3.8, 4) is 5.75 Å². The standard InChI is InChI=1S/C54H75Cl2N7O13/c1-30(2)48(62-44(65)18-11-10-12-21-57)51(69)60-38(16-14-22-58-33(5)64)50(68)59-35-19-20-37(36(55)26-35)61-52(70)75-43-27-45(66)63(7)39-24-34(25-40(72-8)47(39)56)23-31(3)15-13-17-42(73-9)54(71)28-41(74-46(67)29-54)32(4)49-53(43,6)76-49/h13,15,17,19-20,24-26,30,32,38,41-43,48-49,71H,10-12,14,16,18,21-23,27-29,57H2,1-9H3,(H,58,64)(H,59,68)(H,60,69)(H,61,70)(H,62,65)/b17-13+,31-15+/t32-,38+,41+,42-,43+,48+,49+,53+,54-/m1/s1. The summed E-state index contributed by atoms with van der Waals surface area (Å²) >= 11 is 13.5. The molecule has 0 spiro atoms. The number of allylic oxidation sites excluding steroid dienone is 3. The van der Waals surface area contributed by atoms with Crippen molar-refractivity contribution in [3.05, 3.63) is 69.7 Å². The second-order valence-electron chi connectivity index (χ2n) is 20.4. The van der Waals surface area contributed by atoms with Crippen molar-refractivity contribution in [3.63, 3.8) is 0 Å². The highest BCUT2D eigenvalue weighted by molar-refractivity contribution is 6.35. The summed E-state index contributed by atoms with van der Waals surface area (Å²) < 4.78 is 29.5. The molecule has 0 aliphatic carbocycles. The Morgan fingerprint density at radius 2 is 1.74 bits per heavy atom. The van der Waals surface area contributed by atoms with Crippen molar-refractivity contribution >= 4 is 81.9 Å². The number of hydrogen-bond donors (Lipinski definition) is 7. The van der Waals surface area contributed by atoms with Crippen LogP contribution in [-0.4, -0.2) is 129 Å². The number of ether oxygens (including phenoxy) is 5. The highest BCUT2D eigenvalue weighted by atomic mass is 35.5. The van der Waals surface area contributed by atoms with Gasteiger partial charge in [0, 0.05) is 52.1 Å². The van der Waals surface area contributed by atoms with Crippen LogP contribution < -0.4 is 42.0 Å². The van der Waals surface area contributed by atoms with E-state index >= 15 is 0 Å². The lowest BCUT2D eigenvalue weighted by Gasteiger charge is -2.41. The Kier molecular flexibility index (Phi) is 22.1. The van der Waals surface area contributed by atoms with Gasteiger partial charge in [-0.25, -0.2) is 4.79 Å². The molecule has 6 amide bonds. The number of esters is 1. The first-order valence-electron chi connectivity index (χ1n) is 25.6. The summed E-state index contributed by atoms with van der Waals surface area (Å²) in [4.78, 5) is 94.7. The van der Waals surface area contributed by atoms with Gasteiger partial charge >= 0.3 is 12.1 Å². The van der Waals surface area contributed by atoms with Crippen molar-refractivity contribution < 1.29 is 62.4 Å². The molecule has 22 heteroatoms. The number of amides is 6. The van der Waals surface area contributed by atoms with Crippen LogP contribution in [0.3, 0.4) is 0 Å². The van der Waals surface area contributed by atoms with Crippen LogP contribution >= 0.6 is 23.2 Å². The van der Waals surface area contributed by atoms with E-state index in [-0.39, 0.29) is 71.4 Å². The van der Waals surface area contributed by atoms with E-state index in [1.54, 1.807) is 59.0 Å². The number of carbonyl (C=O) groups excluding carboxylic acids is 7. The van der Waals surface area contributed by atoms with E-state index in [0.29, 0.717) is 37.2 Å². The topological polar surface area (TPSA) is 279 Å². The Bertz CT molecular complexity index is 2510. The van der Waals surface area contributed by atoms with Crippen LogP contribution in [0.15, 0.2) is 54.1 Å².